The van der Waals surface area contributed by atoms with Crippen LogP contribution in [0.15, 0.2) is 71.8 Å². The molecule has 4 aliphatic rings. The quantitative estimate of drug-likeness (QED) is 0.116. The molecule has 3 N–H and O–H groups in total. The van der Waals surface area contributed by atoms with Gasteiger partial charge in [-0.1, -0.05) is 62.4 Å². The fourth-order valence-electron chi connectivity index (χ4n) is 10.2. The van der Waals surface area contributed by atoms with Crippen LogP contribution in [-0.4, -0.2) is 120 Å². The first-order chi connectivity index (χ1) is 29.9. The number of benzene rings is 2. The Hall–Kier alpha value is -5.20. The van der Waals surface area contributed by atoms with Crippen LogP contribution in [0.4, 0.5) is 4.79 Å². The Bertz CT molecular complexity index is 2150. The summed E-state index contributed by atoms with van der Waals surface area (Å²) in [4.78, 5) is 82.6. The Kier molecular flexibility index (Phi) is 13.6. The molecule has 0 unspecified atom stereocenters. The van der Waals surface area contributed by atoms with Crippen molar-refractivity contribution in [3.8, 4) is 0 Å². The van der Waals surface area contributed by atoms with Crippen LogP contribution in [0.25, 0.3) is 0 Å². The lowest BCUT2D eigenvalue weighted by atomic mass is 9.44. The second kappa shape index (κ2) is 18.0. The van der Waals surface area contributed by atoms with Gasteiger partial charge in [0.1, 0.15) is 35.6 Å². The number of carbonyl (C=O) groups is 6. The van der Waals surface area contributed by atoms with Crippen molar-refractivity contribution in [3.63, 3.8) is 0 Å². The highest BCUT2D eigenvalue weighted by Crippen LogP contribution is 2.65. The first kappa shape index (κ1) is 48.3. The highest BCUT2D eigenvalue weighted by molar-refractivity contribution is 5.94. The number of ketones is 1. The average Bonchev–Trinajstić information content (AvgIpc) is 3.21. The van der Waals surface area contributed by atoms with E-state index in [9.17, 15) is 34.2 Å². The maximum atomic E-state index is 15.8. The van der Waals surface area contributed by atoms with Crippen LogP contribution in [0.1, 0.15) is 97.1 Å². The minimum Gasteiger partial charge on any atom is -0.456 e. The van der Waals surface area contributed by atoms with E-state index in [-0.39, 0.29) is 29.7 Å². The van der Waals surface area contributed by atoms with Crippen molar-refractivity contribution >= 4 is 35.8 Å². The molecule has 1 saturated heterocycles. The number of hydrogen-bond donors (Lipinski definition) is 3. The SMILES string of the molecule is CO[C@H]1C(=O)[C@]2(C)[C@@H](OCOC(C)=O)C[C@H]3OC[C@@]3(OC(C)=O)[C@H]2[C@H](OC(=O)c2ccccc2)[C@]2(O)C[C@H](OC(=O)[C@H](O)[C@@H](NC(=O)OC(C)(C)C)c3ccccc3)C(C)=C1C2(C)C. The van der Waals surface area contributed by atoms with Gasteiger partial charge in [0.15, 0.2) is 24.3 Å². The minimum atomic E-state index is -2.32. The smallest absolute Gasteiger partial charge is 0.408 e. The van der Waals surface area contributed by atoms with Gasteiger partial charge in [-0.3, -0.25) is 14.4 Å². The van der Waals surface area contributed by atoms with E-state index in [0.29, 0.717) is 5.56 Å². The minimum absolute atomic E-state index is 0.0546. The van der Waals surface area contributed by atoms with Crippen LogP contribution in [0.2, 0.25) is 0 Å². The topological polar surface area (TPSA) is 229 Å². The van der Waals surface area contributed by atoms with Crippen molar-refractivity contribution in [2.45, 2.75) is 135 Å². The Morgan fingerprint density at radius 3 is 2.11 bits per heavy atom. The molecule has 17 nitrogen and oxygen atoms in total. The zero-order valence-corrected chi connectivity index (χ0v) is 37.8. The number of hydrogen-bond acceptors (Lipinski definition) is 16. The third-order valence-corrected chi connectivity index (χ3v) is 13.3. The van der Waals surface area contributed by atoms with Gasteiger partial charge in [-0.15, -0.1) is 0 Å². The molecule has 3 aliphatic carbocycles. The molecular weight excluding hydrogens is 835 g/mol. The number of alkyl carbamates (subject to hydrolysis) is 1. The number of nitrogens with one attached hydrogen (secondary N) is 1. The van der Waals surface area contributed by atoms with E-state index < -0.39 is 125 Å². The molecule has 0 radical (unpaired) electrons. The maximum absolute atomic E-state index is 15.8. The van der Waals surface area contributed by atoms with Crippen molar-refractivity contribution in [1.29, 1.82) is 0 Å². The number of rotatable bonds is 12. The Balaban J connectivity index is 1.54. The van der Waals surface area contributed by atoms with Gasteiger partial charge >= 0.3 is 30.0 Å². The lowest BCUT2D eigenvalue weighted by Gasteiger charge is -2.67. The number of ether oxygens (including phenoxy) is 8. The molecule has 6 rings (SSSR count). The van der Waals surface area contributed by atoms with Crippen molar-refractivity contribution in [2.24, 2.45) is 16.7 Å². The number of esters is 4. The highest BCUT2D eigenvalue weighted by atomic mass is 16.7. The zero-order chi connectivity index (χ0) is 47.2. The normalized spacial score (nSPS) is 31.5. The van der Waals surface area contributed by atoms with Crippen LogP contribution >= 0.6 is 0 Å². The summed E-state index contributed by atoms with van der Waals surface area (Å²) >= 11 is 0. The molecule has 0 aromatic heterocycles. The van der Waals surface area contributed by atoms with E-state index in [2.05, 4.69) is 5.32 Å². The number of methoxy groups -OCH3 is 1. The van der Waals surface area contributed by atoms with Gasteiger partial charge in [-0.2, -0.15) is 0 Å². The molecule has 3 fully saturated rings. The zero-order valence-electron chi connectivity index (χ0n) is 37.8. The van der Waals surface area contributed by atoms with Crippen molar-refractivity contribution < 1.29 is 76.9 Å². The van der Waals surface area contributed by atoms with Gasteiger partial charge in [0, 0.05) is 39.2 Å². The molecule has 17 heteroatoms. The van der Waals surface area contributed by atoms with Crippen LogP contribution in [0, 0.1) is 16.7 Å². The predicted molar refractivity (Wildman–Crippen MR) is 224 cm³/mol. The van der Waals surface area contributed by atoms with E-state index in [0.717, 1.165) is 0 Å². The average molecular weight is 894 g/mol. The van der Waals surface area contributed by atoms with Crippen LogP contribution in [0.5, 0.6) is 0 Å². The molecule has 2 aromatic rings. The highest BCUT2D eigenvalue weighted by Gasteiger charge is 2.78. The summed E-state index contributed by atoms with van der Waals surface area (Å²) in [7, 11) is 1.30. The van der Waals surface area contributed by atoms with Crippen LogP contribution < -0.4 is 5.32 Å². The summed E-state index contributed by atoms with van der Waals surface area (Å²) in [5.41, 5.74) is -7.45. The molecule has 2 aromatic carbocycles. The third kappa shape index (κ3) is 8.67. The van der Waals surface area contributed by atoms with Gasteiger partial charge < -0.3 is 53.4 Å². The lowest BCUT2D eigenvalue weighted by molar-refractivity contribution is -0.351. The standard InChI is InChI=1S/C47H59NO16/c1-25-30(61-41(54)35(51)34(28-17-13-11-14-18-28)48-42(55)64-43(4,5)6)22-47(56)39(62-40(53)29-19-15-12-16-20-29)37-45(9,38(52)36(57-10)33(25)44(47,7)8)31(60-24-59-26(2)49)21-32-46(37,23-58-32)63-27(3)50/h11-20,30-32,34-37,39,51,56H,21-24H2,1-10H3,(H,48,55)/t30-,31-,32+,34-,35+,36+,37-,39-,45+,46-,47+/m0/s1. The number of carbonyl (C=O) groups excluding carboxylic acids is 6. The Morgan fingerprint density at radius 1 is 0.938 bits per heavy atom. The van der Waals surface area contributed by atoms with E-state index >= 15 is 4.79 Å². The first-order valence-corrected chi connectivity index (χ1v) is 21.2. The molecule has 1 amide bonds. The fraction of sp³-hybridized carbons (Fsp3) is 0.574. The van der Waals surface area contributed by atoms with E-state index in [1.54, 1.807) is 97.0 Å². The van der Waals surface area contributed by atoms with Gasteiger partial charge in [-0.25, -0.2) is 14.4 Å². The molecule has 1 aliphatic heterocycles. The lowest BCUT2D eigenvalue weighted by Crippen LogP contribution is -2.82. The molecule has 348 valence electrons. The number of amides is 1. The summed E-state index contributed by atoms with van der Waals surface area (Å²) in [5.74, 6) is -5.61. The van der Waals surface area contributed by atoms with Crippen LogP contribution in [-0.2, 0) is 57.1 Å². The third-order valence-electron chi connectivity index (χ3n) is 13.3. The van der Waals surface area contributed by atoms with E-state index in [4.69, 9.17) is 37.9 Å². The molecule has 64 heavy (non-hydrogen) atoms. The summed E-state index contributed by atoms with van der Waals surface area (Å²) in [6.07, 6.45) is -10.3. The maximum Gasteiger partial charge on any atom is 0.408 e. The molecule has 2 saturated carbocycles. The molecule has 1 heterocycles. The predicted octanol–water partition coefficient (Wildman–Crippen LogP) is 4.46. The van der Waals surface area contributed by atoms with Gasteiger partial charge in [0.2, 0.25) is 0 Å². The van der Waals surface area contributed by atoms with Crippen molar-refractivity contribution in [1.82, 2.24) is 5.32 Å². The second-order valence-electron chi connectivity index (χ2n) is 18.7. The monoisotopic (exact) mass is 893 g/mol. The molecule has 11 atom stereocenters. The van der Waals surface area contributed by atoms with Gasteiger partial charge in [0.05, 0.1) is 35.6 Å². The van der Waals surface area contributed by atoms with Crippen molar-refractivity contribution in [2.75, 3.05) is 20.5 Å². The van der Waals surface area contributed by atoms with Gasteiger partial charge in [-0.05, 0) is 63.5 Å². The Morgan fingerprint density at radius 2 is 1.56 bits per heavy atom. The Labute approximate surface area is 372 Å². The van der Waals surface area contributed by atoms with E-state index in [1.807, 2.05) is 0 Å². The van der Waals surface area contributed by atoms with Crippen molar-refractivity contribution in [3.05, 3.63) is 82.9 Å². The second-order valence-corrected chi connectivity index (χ2v) is 18.7. The summed E-state index contributed by atoms with van der Waals surface area (Å²) in [6.45, 7) is 12.9. The first-order valence-electron chi connectivity index (χ1n) is 21.2. The van der Waals surface area contributed by atoms with Crippen LogP contribution in [0.3, 0.4) is 0 Å². The number of fused-ring (bicyclic) bond motifs is 5. The largest absolute Gasteiger partial charge is 0.456 e. The number of aliphatic hydroxyl groups is 2. The number of aliphatic hydroxyl groups excluding tert-OH is 1. The van der Waals surface area contributed by atoms with E-state index in [1.165, 1.54) is 33.1 Å². The molecule has 0 spiro atoms. The molecular formula is C47H59NO16. The summed E-state index contributed by atoms with van der Waals surface area (Å²) in [5, 5.41) is 28.1. The summed E-state index contributed by atoms with van der Waals surface area (Å²) in [6, 6.07) is 14.8. The number of Topliss-reactive ketones (excluding diaryl/α,β-unsaturated/α-hetero) is 1. The fourth-order valence-corrected chi connectivity index (χ4v) is 10.2. The molecule has 2 bridgehead atoms. The van der Waals surface area contributed by atoms with Gasteiger partial charge in [0.25, 0.3) is 0 Å². The summed E-state index contributed by atoms with van der Waals surface area (Å²) < 4.78 is 47.7.